The number of Topliss-reactive ketones (excluding diaryl/α,β-unsaturated/α-hetero) is 1. The van der Waals surface area contributed by atoms with Crippen LogP contribution in [-0.2, 0) is 4.79 Å². The third-order valence-corrected chi connectivity index (χ3v) is 6.34. The molecule has 0 aliphatic rings. The van der Waals surface area contributed by atoms with Crippen molar-refractivity contribution in [1.29, 1.82) is 0 Å². The SMILES string of the molecule is CC(F)(F)C(/C=C(\F)c1ccc(C(=O)CCC(=O)NCC(F)(F)F)c(Cl)c1)c1cc(Cl)c(Cl)c(Cl)c1. The van der Waals surface area contributed by atoms with E-state index >= 15 is 0 Å². The summed E-state index contributed by atoms with van der Waals surface area (Å²) in [6.07, 6.45) is -4.93. The van der Waals surface area contributed by atoms with E-state index in [-0.39, 0.29) is 36.8 Å². The molecule has 0 saturated heterocycles. The zero-order valence-electron chi connectivity index (χ0n) is 18.3. The summed E-state index contributed by atoms with van der Waals surface area (Å²) in [6.45, 7) is -0.954. The first-order valence-corrected chi connectivity index (χ1v) is 11.6. The molecule has 1 atom stereocenters. The number of ketones is 1. The molecule has 0 heterocycles. The number of rotatable bonds is 9. The second-order valence-corrected chi connectivity index (χ2v) is 9.36. The van der Waals surface area contributed by atoms with Gasteiger partial charge in [-0.3, -0.25) is 9.59 Å². The Morgan fingerprint density at radius 3 is 2.03 bits per heavy atom. The highest BCUT2D eigenvalue weighted by Gasteiger charge is 2.35. The van der Waals surface area contributed by atoms with Crippen LogP contribution in [0.2, 0.25) is 20.1 Å². The second kappa shape index (κ2) is 12.1. The van der Waals surface area contributed by atoms with Gasteiger partial charge < -0.3 is 5.32 Å². The maximum absolute atomic E-state index is 15.0. The van der Waals surface area contributed by atoms with Crippen LogP contribution in [0.15, 0.2) is 36.4 Å². The van der Waals surface area contributed by atoms with E-state index in [9.17, 15) is 35.9 Å². The molecule has 0 spiro atoms. The van der Waals surface area contributed by atoms with E-state index in [0.717, 1.165) is 30.3 Å². The Morgan fingerprint density at radius 2 is 1.53 bits per heavy atom. The van der Waals surface area contributed by atoms with Crippen molar-refractivity contribution in [2.75, 3.05) is 6.54 Å². The van der Waals surface area contributed by atoms with E-state index < -0.39 is 54.9 Å². The van der Waals surface area contributed by atoms with Gasteiger partial charge in [-0.2, -0.15) is 13.2 Å². The monoisotopic (exact) mass is 593 g/mol. The van der Waals surface area contributed by atoms with Gasteiger partial charge in [0, 0.05) is 30.9 Å². The van der Waals surface area contributed by atoms with Crippen molar-refractivity contribution in [1.82, 2.24) is 5.32 Å². The van der Waals surface area contributed by atoms with Gasteiger partial charge in [0.25, 0.3) is 5.92 Å². The highest BCUT2D eigenvalue weighted by atomic mass is 35.5. The number of hydrogen-bond donors (Lipinski definition) is 1. The molecule has 1 unspecified atom stereocenters. The van der Waals surface area contributed by atoms with Crippen molar-refractivity contribution in [2.24, 2.45) is 0 Å². The molecule has 36 heavy (non-hydrogen) atoms. The van der Waals surface area contributed by atoms with Crippen LogP contribution >= 0.6 is 46.4 Å². The van der Waals surface area contributed by atoms with E-state index in [1.807, 2.05) is 0 Å². The number of hydrogen-bond acceptors (Lipinski definition) is 2. The molecule has 196 valence electrons. The molecule has 0 radical (unpaired) electrons. The number of benzene rings is 2. The van der Waals surface area contributed by atoms with Crippen molar-refractivity contribution in [2.45, 2.75) is 37.8 Å². The van der Waals surface area contributed by atoms with Crippen LogP contribution in [0.25, 0.3) is 5.83 Å². The lowest BCUT2D eigenvalue weighted by atomic mass is 9.91. The minimum Gasteiger partial charge on any atom is -0.347 e. The van der Waals surface area contributed by atoms with E-state index in [4.69, 9.17) is 46.4 Å². The average molecular weight is 595 g/mol. The van der Waals surface area contributed by atoms with Crippen molar-refractivity contribution in [3.8, 4) is 0 Å². The maximum Gasteiger partial charge on any atom is 0.405 e. The van der Waals surface area contributed by atoms with Gasteiger partial charge in [-0.25, -0.2) is 13.2 Å². The number of alkyl halides is 5. The summed E-state index contributed by atoms with van der Waals surface area (Å²) < 4.78 is 80.1. The highest BCUT2D eigenvalue weighted by molar-refractivity contribution is 6.48. The first-order valence-electron chi connectivity index (χ1n) is 10.1. The van der Waals surface area contributed by atoms with E-state index in [1.54, 1.807) is 5.32 Å². The summed E-state index contributed by atoms with van der Waals surface area (Å²) in [7, 11) is 0. The number of halogens is 10. The summed E-state index contributed by atoms with van der Waals surface area (Å²) in [5.41, 5.74) is -0.441. The van der Waals surface area contributed by atoms with Crippen LogP contribution < -0.4 is 5.32 Å². The molecule has 1 N–H and O–H groups in total. The van der Waals surface area contributed by atoms with Gasteiger partial charge >= 0.3 is 6.18 Å². The molecule has 0 fully saturated rings. The Bertz CT molecular complexity index is 1160. The Labute approximate surface area is 222 Å². The van der Waals surface area contributed by atoms with Crippen molar-refractivity contribution in [3.05, 3.63) is 73.2 Å². The van der Waals surface area contributed by atoms with Gasteiger partial charge in [0.15, 0.2) is 5.78 Å². The van der Waals surface area contributed by atoms with Crippen LogP contribution in [0.5, 0.6) is 0 Å². The van der Waals surface area contributed by atoms with Crippen molar-refractivity contribution in [3.63, 3.8) is 0 Å². The van der Waals surface area contributed by atoms with Crippen LogP contribution in [0.4, 0.5) is 26.3 Å². The van der Waals surface area contributed by atoms with Crippen molar-refractivity contribution < 1.29 is 35.9 Å². The molecule has 0 saturated carbocycles. The lowest BCUT2D eigenvalue weighted by Gasteiger charge is -2.22. The van der Waals surface area contributed by atoms with Crippen LogP contribution in [-0.4, -0.2) is 30.3 Å². The van der Waals surface area contributed by atoms with Gasteiger partial charge in [-0.15, -0.1) is 0 Å². The molecular formula is C23H17Cl4F6NO2. The molecule has 0 aliphatic heterocycles. The number of amides is 1. The molecular weight excluding hydrogens is 578 g/mol. The molecule has 1 amide bonds. The van der Waals surface area contributed by atoms with Crippen molar-refractivity contribution >= 4 is 63.9 Å². The quantitative estimate of drug-likeness (QED) is 0.179. The summed E-state index contributed by atoms with van der Waals surface area (Å²) >= 11 is 23.7. The zero-order valence-corrected chi connectivity index (χ0v) is 21.3. The zero-order chi connectivity index (χ0) is 27.4. The first-order chi connectivity index (χ1) is 16.5. The molecule has 2 aromatic carbocycles. The second-order valence-electron chi connectivity index (χ2n) is 7.76. The normalized spacial score (nSPS) is 13.5. The molecule has 2 rings (SSSR count). The van der Waals surface area contributed by atoms with Gasteiger partial charge in [0.1, 0.15) is 12.4 Å². The van der Waals surface area contributed by atoms with Gasteiger partial charge in [-0.1, -0.05) is 52.5 Å². The largest absolute Gasteiger partial charge is 0.405 e. The molecule has 0 aromatic heterocycles. The molecule has 3 nitrogen and oxygen atoms in total. The topological polar surface area (TPSA) is 46.2 Å². The van der Waals surface area contributed by atoms with Gasteiger partial charge in [-0.05, 0) is 35.9 Å². The van der Waals surface area contributed by atoms with Gasteiger partial charge in [0.2, 0.25) is 5.91 Å². The Morgan fingerprint density at radius 1 is 0.944 bits per heavy atom. The molecule has 2 aromatic rings. The summed E-state index contributed by atoms with van der Waals surface area (Å²) in [4.78, 5) is 23.8. The first kappa shape index (κ1) is 30.3. The number of allylic oxidation sites excluding steroid dienone is 1. The lowest BCUT2D eigenvalue weighted by Crippen LogP contribution is -2.33. The molecule has 0 aliphatic carbocycles. The highest BCUT2D eigenvalue weighted by Crippen LogP contribution is 2.41. The van der Waals surface area contributed by atoms with Crippen LogP contribution in [0.3, 0.4) is 0 Å². The van der Waals surface area contributed by atoms with Crippen LogP contribution in [0.1, 0.15) is 47.2 Å². The third-order valence-electron chi connectivity index (χ3n) is 4.83. The minimum absolute atomic E-state index is 0.0467. The number of carbonyl (C=O) groups is 2. The standard InChI is InChI=1S/C23H17Cl4F6NO2/c1-22(29,30)14(12-7-16(25)21(27)17(26)8-12)9-18(28)11-2-3-13(15(24)6-11)19(35)4-5-20(36)34-10-23(31,32)33/h2-3,6-9,14H,4-5,10H2,1H3,(H,34,36)/b18-9-. The minimum atomic E-state index is -4.59. The van der Waals surface area contributed by atoms with Crippen LogP contribution in [0, 0.1) is 0 Å². The smallest absolute Gasteiger partial charge is 0.347 e. The number of nitrogens with one attached hydrogen (secondary N) is 1. The fourth-order valence-corrected chi connectivity index (χ4v) is 3.97. The Hall–Kier alpha value is -1.94. The molecule has 13 heteroatoms. The van der Waals surface area contributed by atoms with E-state index in [1.165, 1.54) is 0 Å². The lowest BCUT2D eigenvalue weighted by molar-refractivity contribution is -0.138. The third kappa shape index (κ3) is 8.57. The Balaban J connectivity index is 2.23. The maximum atomic E-state index is 15.0. The predicted octanol–water partition coefficient (Wildman–Crippen LogP) is 8.69. The summed E-state index contributed by atoms with van der Waals surface area (Å²) in [5.74, 6) is -7.99. The average Bonchev–Trinajstić information content (AvgIpc) is 2.76. The van der Waals surface area contributed by atoms with E-state index in [0.29, 0.717) is 13.0 Å². The Kier molecular flexibility index (Phi) is 10.2. The fourth-order valence-electron chi connectivity index (χ4n) is 3.07. The summed E-state index contributed by atoms with van der Waals surface area (Å²) in [5, 5.41) is 1.15. The predicted molar refractivity (Wildman–Crippen MR) is 128 cm³/mol. The number of carbonyl (C=O) groups excluding carboxylic acids is 2. The fraction of sp³-hybridized carbons (Fsp3) is 0.304. The van der Waals surface area contributed by atoms with E-state index in [2.05, 4.69) is 0 Å². The molecule has 0 bridgehead atoms. The van der Waals surface area contributed by atoms with Gasteiger partial charge in [0.05, 0.1) is 26.0 Å². The summed E-state index contributed by atoms with van der Waals surface area (Å²) in [6, 6.07) is 5.54.